The lowest BCUT2D eigenvalue weighted by molar-refractivity contribution is 0.0959. The Balaban J connectivity index is 0.00000289. The minimum absolute atomic E-state index is 0. The summed E-state index contributed by atoms with van der Waals surface area (Å²) in [5.41, 5.74) is 3.86. The van der Waals surface area contributed by atoms with Crippen LogP contribution >= 0.6 is 24.0 Å². The molecule has 1 atom stereocenters. The van der Waals surface area contributed by atoms with Gasteiger partial charge in [0.1, 0.15) is 5.69 Å². The minimum atomic E-state index is 0. The Labute approximate surface area is 199 Å². The number of carbonyl (C=O) groups is 1. The molecule has 0 amide bonds. The average Bonchev–Trinajstić information content (AvgIpc) is 3.22. The summed E-state index contributed by atoms with van der Waals surface area (Å²) in [5.74, 6) is 0.539. The van der Waals surface area contributed by atoms with E-state index in [1.54, 1.807) is 6.20 Å². The van der Waals surface area contributed by atoms with Gasteiger partial charge < -0.3 is 4.90 Å². The van der Waals surface area contributed by atoms with Gasteiger partial charge in [0.05, 0.1) is 16.3 Å². The van der Waals surface area contributed by atoms with Crippen LogP contribution in [0.5, 0.6) is 0 Å². The van der Waals surface area contributed by atoms with Crippen LogP contribution in [-0.4, -0.2) is 63.1 Å². The number of piperazine rings is 1. The molecule has 3 heterocycles. The summed E-state index contributed by atoms with van der Waals surface area (Å²) in [5, 5.41) is 7.83. The number of hydrogen-bond donors (Lipinski definition) is 1. The fourth-order valence-corrected chi connectivity index (χ4v) is 4.42. The smallest absolute Gasteiger partial charge is 0.181 e. The standard InChI is InChI=1S/C23H27ClN6O.ClH/c1-15-12-16(2)27-23(26-15)22-18(13-25-28-22)21(31)8-9-29-10-11-30(17(3)14-29)20-7-5-4-6-19(20)24;/h4-7,12-13,17H,8-11,14H2,1-3H3,(H,25,28);1H. The van der Waals surface area contributed by atoms with Crippen molar-refractivity contribution in [2.45, 2.75) is 33.2 Å². The van der Waals surface area contributed by atoms with E-state index in [1.165, 1.54) is 0 Å². The number of rotatable bonds is 6. The summed E-state index contributed by atoms with van der Waals surface area (Å²) < 4.78 is 0. The van der Waals surface area contributed by atoms with E-state index in [2.05, 4.69) is 43.0 Å². The molecule has 0 aliphatic carbocycles. The van der Waals surface area contributed by atoms with E-state index in [0.29, 0.717) is 36.1 Å². The summed E-state index contributed by atoms with van der Waals surface area (Å²) >= 11 is 6.38. The first-order chi connectivity index (χ1) is 14.9. The summed E-state index contributed by atoms with van der Waals surface area (Å²) in [6.07, 6.45) is 2.08. The second-order valence-electron chi connectivity index (χ2n) is 8.09. The van der Waals surface area contributed by atoms with Crippen molar-refractivity contribution in [2.24, 2.45) is 0 Å². The molecule has 1 fully saturated rings. The van der Waals surface area contributed by atoms with E-state index in [4.69, 9.17) is 11.6 Å². The molecule has 32 heavy (non-hydrogen) atoms. The van der Waals surface area contributed by atoms with Gasteiger partial charge in [-0.2, -0.15) is 5.10 Å². The van der Waals surface area contributed by atoms with Gasteiger partial charge in [0.2, 0.25) is 0 Å². The highest BCUT2D eigenvalue weighted by Crippen LogP contribution is 2.28. The van der Waals surface area contributed by atoms with Crippen LogP contribution in [0.1, 0.15) is 35.1 Å². The van der Waals surface area contributed by atoms with Crippen LogP contribution in [0.3, 0.4) is 0 Å². The van der Waals surface area contributed by atoms with Crippen LogP contribution in [-0.2, 0) is 0 Å². The van der Waals surface area contributed by atoms with Crippen molar-refractivity contribution in [3.8, 4) is 11.5 Å². The fourth-order valence-electron chi connectivity index (χ4n) is 4.18. The van der Waals surface area contributed by atoms with Crippen LogP contribution in [0.2, 0.25) is 5.02 Å². The van der Waals surface area contributed by atoms with Crippen molar-refractivity contribution in [1.82, 2.24) is 25.1 Å². The zero-order chi connectivity index (χ0) is 22.0. The first kappa shape index (κ1) is 24.2. The number of nitrogens with one attached hydrogen (secondary N) is 1. The molecule has 7 nitrogen and oxygen atoms in total. The third-order valence-electron chi connectivity index (χ3n) is 5.66. The number of benzene rings is 1. The lowest BCUT2D eigenvalue weighted by atomic mass is 10.1. The molecule has 2 aromatic heterocycles. The molecule has 0 radical (unpaired) electrons. The van der Waals surface area contributed by atoms with Gasteiger partial charge in [0.25, 0.3) is 0 Å². The van der Waals surface area contributed by atoms with Gasteiger partial charge in [-0.15, -0.1) is 12.4 Å². The Morgan fingerprint density at radius 2 is 1.91 bits per heavy atom. The molecule has 0 saturated carbocycles. The second kappa shape index (κ2) is 10.4. The van der Waals surface area contributed by atoms with E-state index in [-0.39, 0.29) is 18.2 Å². The van der Waals surface area contributed by atoms with Crippen LogP contribution in [0.25, 0.3) is 11.5 Å². The topological polar surface area (TPSA) is 78.0 Å². The molecule has 1 aromatic carbocycles. The number of hydrogen-bond acceptors (Lipinski definition) is 6. The highest BCUT2D eigenvalue weighted by atomic mass is 35.5. The molecule has 0 spiro atoms. The van der Waals surface area contributed by atoms with Gasteiger partial charge in [-0.25, -0.2) is 9.97 Å². The van der Waals surface area contributed by atoms with Crippen LogP contribution in [0.4, 0.5) is 5.69 Å². The van der Waals surface area contributed by atoms with Crippen LogP contribution < -0.4 is 4.90 Å². The van der Waals surface area contributed by atoms with Gasteiger partial charge >= 0.3 is 0 Å². The van der Waals surface area contributed by atoms with Gasteiger partial charge in [0.15, 0.2) is 11.6 Å². The Morgan fingerprint density at radius 3 is 2.59 bits per heavy atom. The Morgan fingerprint density at radius 1 is 1.19 bits per heavy atom. The summed E-state index contributed by atoms with van der Waals surface area (Å²) in [6.45, 7) is 9.39. The third kappa shape index (κ3) is 5.28. The Bertz CT molecular complexity index is 1070. The molecule has 1 aliphatic rings. The van der Waals surface area contributed by atoms with Crippen molar-refractivity contribution >= 4 is 35.5 Å². The van der Waals surface area contributed by atoms with E-state index in [9.17, 15) is 4.79 Å². The highest BCUT2D eigenvalue weighted by molar-refractivity contribution is 6.33. The molecule has 4 rings (SSSR count). The fraction of sp³-hybridized carbons (Fsp3) is 0.391. The van der Waals surface area contributed by atoms with E-state index in [1.807, 2.05) is 38.1 Å². The molecule has 1 aliphatic heterocycles. The molecule has 1 saturated heterocycles. The first-order valence-electron chi connectivity index (χ1n) is 10.6. The molecule has 3 aromatic rings. The van der Waals surface area contributed by atoms with Gasteiger partial charge in [-0.1, -0.05) is 23.7 Å². The monoisotopic (exact) mass is 474 g/mol. The predicted molar refractivity (Wildman–Crippen MR) is 130 cm³/mol. The van der Waals surface area contributed by atoms with Gasteiger partial charge in [-0.3, -0.25) is 14.8 Å². The van der Waals surface area contributed by atoms with Crippen molar-refractivity contribution < 1.29 is 4.79 Å². The average molecular weight is 475 g/mol. The number of aromatic nitrogens is 4. The number of aromatic amines is 1. The second-order valence-corrected chi connectivity index (χ2v) is 8.50. The van der Waals surface area contributed by atoms with E-state index < -0.39 is 0 Å². The third-order valence-corrected chi connectivity index (χ3v) is 5.98. The number of nitrogens with zero attached hydrogens (tertiary/aromatic N) is 5. The quantitative estimate of drug-likeness (QED) is 0.535. The molecule has 9 heteroatoms. The van der Waals surface area contributed by atoms with Crippen molar-refractivity contribution in [3.05, 3.63) is 58.5 Å². The lowest BCUT2D eigenvalue weighted by Gasteiger charge is -2.41. The SMILES string of the molecule is Cc1cc(C)nc(-c2n[nH]cc2C(=O)CCN2CCN(c3ccccc3Cl)C(C)C2)n1.Cl. The van der Waals surface area contributed by atoms with Crippen molar-refractivity contribution in [3.63, 3.8) is 0 Å². The van der Waals surface area contributed by atoms with Gasteiger partial charge in [-0.05, 0) is 39.0 Å². The molecule has 1 N–H and O–H groups in total. The number of H-pyrrole nitrogens is 1. The Hall–Kier alpha value is -2.48. The van der Waals surface area contributed by atoms with E-state index >= 15 is 0 Å². The number of Topliss-reactive ketones (excluding diaryl/α,β-unsaturated/α-hetero) is 1. The minimum Gasteiger partial charge on any atom is -0.365 e. The molecule has 0 bridgehead atoms. The number of aryl methyl sites for hydroxylation is 2. The highest BCUT2D eigenvalue weighted by Gasteiger charge is 2.26. The Kier molecular flexibility index (Phi) is 7.87. The largest absolute Gasteiger partial charge is 0.365 e. The zero-order valence-corrected chi connectivity index (χ0v) is 20.1. The summed E-state index contributed by atoms with van der Waals surface area (Å²) in [7, 11) is 0. The maximum absolute atomic E-state index is 13.0. The lowest BCUT2D eigenvalue weighted by Crippen LogP contribution is -2.52. The molecular weight excluding hydrogens is 447 g/mol. The van der Waals surface area contributed by atoms with Crippen molar-refractivity contribution in [2.75, 3.05) is 31.1 Å². The van der Waals surface area contributed by atoms with Crippen LogP contribution in [0, 0.1) is 13.8 Å². The number of halogens is 2. The summed E-state index contributed by atoms with van der Waals surface area (Å²) in [4.78, 5) is 26.5. The molecule has 1 unspecified atom stereocenters. The number of anilines is 1. The number of ketones is 1. The number of para-hydroxylation sites is 1. The number of carbonyl (C=O) groups excluding carboxylic acids is 1. The van der Waals surface area contributed by atoms with E-state index in [0.717, 1.165) is 41.7 Å². The summed E-state index contributed by atoms with van der Waals surface area (Å²) in [6, 6.07) is 10.2. The van der Waals surface area contributed by atoms with Crippen molar-refractivity contribution in [1.29, 1.82) is 0 Å². The maximum atomic E-state index is 13.0. The maximum Gasteiger partial charge on any atom is 0.181 e. The molecular formula is C23H28Cl2N6O. The zero-order valence-electron chi connectivity index (χ0n) is 18.5. The normalized spacial score (nSPS) is 16.6. The van der Waals surface area contributed by atoms with Crippen LogP contribution in [0.15, 0.2) is 36.5 Å². The molecule has 170 valence electrons. The van der Waals surface area contributed by atoms with Gasteiger partial charge in [0, 0.05) is 56.2 Å². The predicted octanol–water partition coefficient (Wildman–Crippen LogP) is 4.34. The first-order valence-corrected chi connectivity index (χ1v) is 10.9.